The summed E-state index contributed by atoms with van der Waals surface area (Å²) in [6, 6.07) is 14.3. The van der Waals surface area contributed by atoms with Crippen molar-refractivity contribution in [2.45, 2.75) is 25.0 Å². The van der Waals surface area contributed by atoms with Crippen LogP contribution in [-0.4, -0.2) is 74.2 Å². The maximum Gasteiger partial charge on any atom is 0.260 e. The molecule has 3 aromatic rings. The maximum absolute atomic E-state index is 15.0. The van der Waals surface area contributed by atoms with Gasteiger partial charge in [-0.3, -0.25) is 9.59 Å². The molecule has 2 atom stereocenters. The minimum atomic E-state index is -1.10. The van der Waals surface area contributed by atoms with Gasteiger partial charge in [0.15, 0.2) is 23.1 Å². The van der Waals surface area contributed by atoms with E-state index < -0.39 is 29.2 Å². The molecule has 2 heterocycles. The quantitative estimate of drug-likeness (QED) is 0.450. The SMILES string of the molecule is COc1cc(OC)c(F)c(C(=O)N2CC[C@H]3[C@H](C2)OCCN3C(=O)c2cccc(Cc3ccc(F)cc3)c2)c1F. The van der Waals surface area contributed by atoms with Gasteiger partial charge in [-0.05, 0) is 48.2 Å². The van der Waals surface area contributed by atoms with Crippen molar-refractivity contribution in [1.29, 1.82) is 0 Å². The van der Waals surface area contributed by atoms with E-state index in [1.54, 1.807) is 23.1 Å². The number of amides is 2. The van der Waals surface area contributed by atoms with Gasteiger partial charge < -0.3 is 24.0 Å². The zero-order chi connectivity index (χ0) is 28.4. The molecule has 7 nitrogen and oxygen atoms in total. The summed E-state index contributed by atoms with van der Waals surface area (Å²) in [5.74, 6) is -4.11. The van der Waals surface area contributed by atoms with Crippen molar-refractivity contribution >= 4 is 11.8 Å². The van der Waals surface area contributed by atoms with Crippen LogP contribution in [0.3, 0.4) is 0 Å². The Morgan fingerprint density at radius 1 is 0.900 bits per heavy atom. The van der Waals surface area contributed by atoms with Gasteiger partial charge in [0.05, 0.1) is 33.0 Å². The molecule has 2 aliphatic rings. The largest absolute Gasteiger partial charge is 0.494 e. The van der Waals surface area contributed by atoms with Crippen LogP contribution in [0, 0.1) is 17.5 Å². The molecule has 0 N–H and O–H groups in total. The van der Waals surface area contributed by atoms with Crippen LogP contribution in [0.2, 0.25) is 0 Å². The molecule has 2 saturated heterocycles. The van der Waals surface area contributed by atoms with Gasteiger partial charge in [0.2, 0.25) is 0 Å². The number of piperidine rings is 1. The second-order valence-corrected chi connectivity index (χ2v) is 9.80. The molecule has 2 aliphatic heterocycles. The molecule has 0 radical (unpaired) electrons. The number of hydrogen-bond acceptors (Lipinski definition) is 5. The molecule has 0 saturated carbocycles. The minimum Gasteiger partial charge on any atom is -0.494 e. The number of fused-ring (bicyclic) bond motifs is 1. The third-order valence-corrected chi connectivity index (χ3v) is 7.42. The molecule has 0 unspecified atom stereocenters. The number of halogens is 3. The Morgan fingerprint density at radius 2 is 1.60 bits per heavy atom. The Bertz CT molecular complexity index is 1390. The van der Waals surface area contributed by atoms with Crippen molar-refractivity contribution < 1.29 is 37.0 Å². The summed E-state index contributed by atoms with van der Waals surface area (Å²) >= 11 is 0. The fourth-order valence-corrected chi connectivity index (χ4v) is 5.38. The number of benzene rings is 3. The molecular formula is C30H29F3N2O5. The lowest BCUT2D eigenvalue weighted by atomic mass is 9.96. The van der Waals surface area contributed by atoms with Crippen molar-refractivity contribution in [3.63, 3.8) is 0 Å². The lowest BCUT2D eigenvalue weighted by molar-refractivity contribution is -0.0865. The molecule has 3 aromatic carbocycles. The lowest BCUT2D eigenvalue weighted by Gasteiger charge is -2.46. The molecule has 0 bridgehead atoms. The van der Waals surface area contributed by atoms with Gasteiger partial charge in [0, 0.05) is 31.3 Å². The van der Waals surface area contributed by atoms with Crippen LogP contribution < -0.4 is 9.47 Å². The molecule has 210 valence electrons. The second kappa shape index (κ2) is 11.6. The number of hydrogen-bond donors (Lipinski definition) is 0. The number of ether oxygens (including phenoxy) is 3. The van der Waals surface area contributed by atoms with Crippen LogP contribution in [0.15, 0.2) is 54.6 Å². The Morgan fingerprint density at radius 3 is 2.27 bits per heavy atom. The Hall–Kier alpha value is -4.05. The van der Waals surface area contributed by atoms with Crippen molar-refractivity contribution in [1.82, 2.24) is 9.80 Å². The van der Waals surface area contributed by atoms with Gasteiger partial charge in [0.25, 0.3) is 11.8 Å². The number of carbonyl (C=O) groups is 2. The zero-order valence-electron chi connectivity index (χ0n) is 22.2. The first-order chi connectivity index (χ1) is 19.3. The number of nitrogens with zero attached hydrogens (tertiary/aromatic N) is 2. The minimum absolute atomic E-state index is 0.0658. The highest BCUT2D eigenvalue weighted by molar-refractivity contribution is 5.96. The molecule has 0 spiro atoms. The third kappa shape index (κ3) is 5.36. The van der Waals surface area contributed by atoms with Gasteiger partial charge in [-0.15, -0.1) is 0 Å². The van der Waals surface area contributed by atoms with E-state index in [1.165, 1.54) is 31.3 Å². The molecular weight excluding hydrogens is 525 g/mol. The van der Waals surface area contributed by atoms with E-state index in [0.717, 1.165) is 17.2 Å². The van der Waals surface area contributed by atoms with Gasteiger partial charge in [0.1, 0.15) is 11.4 Å². The average molecular weight is 555 g/mol. The van der Waals surface area contributed by atoms with Crippen LogP contribution in [0.1, 0.15) is 38.3 Å². The Balaban J connectivity index is 1.31. The molecule has 0 aromatic heterocycles. The first kappa shape index (κ1) is 27.5. The van der Waals surface area contributed by atoms with Gasteiger partial charge in [-0.1, -0.05) is 24.3 Å². The topological polar surface area (TPSA) is 68.3 Å². The van der Waals surface area contributed by atoms with Crippen LogP contribution >= 0.6 is 0 Å². The van der Waals surface area contributed by atoms with E-state index in [2.05, 4.69) is 0 Å². The zero-order valence-corrected chi connectivity index (χ0v) is 22.2. The highest BCUT2D eigenvalue weighted by atomic mass is 19.1. The highest BCUT2D eigenvalue weighted by Gasteiger charge is 2.42. The predicted molar refractivity (Wildman–Crippen MR) is 140 cm³/mol. The van der Waals surface area contributed by atoms with Gasteiger partial charge in [-0.25, -0.2) is 13.2 Å². The average Bonchev–Trinajstić information content (AvgIpc) is 2.97. The van der Waals surface area contributed by atoms with E-state index in [0.29, 0.717) is 24.9 Å². The number of likely N-dealkylation sites (tertiary alicyclic amines) is 1. The molecule has 10 heteroatoms. The monoisotopic (exact) mass is 554 g/mol. The molecule has 2 amide bonds. The summed E-state index contributed by atoms with van der Waals surface area (Å²) in [7, 11) is 2.44. The summed E-state index contributed by atoms with van der Waals surface area (Å²) in [6.45, 7) is 0.888. The molecule has 0 aliphatic carbocycles. The number of rotatable bonds is 6. The normalized spacial score (nSPS) is 18.7. The summed E-state index contributed by atoms with van der Waals surface area (Å²) in [5, 5.41) is 0. The highest BCUT2D eigenvalue weighted by Crippen LogP contribution is 2.33. The van der Waals surface area contributed by atoms with Gasteiger partial charge in [-0.2, -0.15) is 0 Å². The first-order valence-electron chi connectivity index (χ1n) is 13.0. The Kier molecular flexibility index (Phi) is 7.97. The summed E-state index contributed by atoms with van der Waals surface area (Å²) in [4.78, 5) is 29.9. The van der Waals surface area contributed by atoms with E-state index in [9.17, 15) is 22.8 Å². The fraction of sp³-hybridized carbons (Fsp3) is 0.333. The van der Waals surface area contributed by atoms with E-state index in [4.69, 9.17) is 14.2 Å². The molecule has 2 fully saturated rings. The Labute approximate surface area is 230 Å². The number of morpholine rings is 1. The van der Waals surface area contributed by atoms with Crippen molar-refractivity contribution in [2.75, 3.05) is 40.5 Å². The predicted octanol–water partition coefficient (Wildman–Crippen LogP) is 4.47. The van der Waals surface area contributed by atoms with Crippen LogP contribution in [-0.2, 0) is 11.2 Å². The van der Waals surface area contributed by atoms with E-state index in [1.807, 2.05) is 18.2 Å². The lowest BCUT2D eigenvalue weighted by Crippen LogP contribution is -2.61. The van der Waals surface area contributed by atoms with Crippen molar-refractivity contribution in [3.05, 3.63) is 94.3 Å². The smallest absolute Gasteiger partial charge is 0.260 e. The second-order valence-electron chi connectivity index (χ2n) is 9.80. The van der Waals surface area contributed by atoms with E-state index >= 15 is 0 Å². The number of methoxy groups -OCH3 is 2. The van der Waals surface area contributed by atoms with E-state index in [-0.39, 0.29) is 49.0 Å². The summed E-state index contributed by atoms with van der Waals surface area (Å²) in [6.07, 6.45) is 0.411. The number of carbonyl (C=O) groups excluding carboxylic acids is 2. The van der Waals surface area contributed by atoms with Gasteiger partial charge >= 0.3 is 0 Å². The first-order valence-corrected chi connectivity index (χ1v) is 13.0. The van der Waals surface area contributed by atoms with Crippen LogP contribution in [0.4, 0.5) is 13.2 Å². The van der Waals surface area contributed by atoms with Crippen molar-refractivity contribution in [2.24, 2.45) is 0 Å². The third-order valence-electron chi connectivity index (χ3n) is 7.42. The van der Waals surface area contributed by atoms with Crippen LogP contribution in [0.25, 0.3) is 0 Å². The maximum atomic E-state index is 15.0. The summed E-state index contributed by atoms with van der Waals surface area (Å²) in [5.41, 5.74) is 1.61. The molecule has 5 rings (SSSR count). The summed E-state index contributed by atoms with van der Waals surface area (Å²) < 4.78 is 59.0. The van der Waals surface area contributed by atoms with Crippen LogP contribution in [0.5, 0.6) is 11.5 Å². The van der Waals surface area contributed by atoms with Crippen molar-refractivity contribution in [3.8, 4) is 11.5 Å². The standard InChI is InChI=1S/C30H29F3N2O5/c1-38-23-16-24(39-2)28(33)26(27(23)32)30(37)34-11-10-22-25(17-34)40-13-12-35(22)29(36)20-5-3-4-19(15-20)14-18-6-8-21(31)9-7-18/h3-9,15-16,22,25H,10-14,17H2,1-2H3/t22-,25-/m0/s1. The fourth-order valence-electron chi connectivity index (χ4n) is 5.38. The molecule has 40 heavy (non-hydrogen) atoms.